The Morgan fingerprint density at radius 3 is 2.68 bits per heavy atom. The summed E-state index contributed by atoms with van der Waals surface area (Å²) in [4.78, 5) is 18.8. The Kier molecular flexibility index (Phi) is 8.52. The van der Waals surface area contributed by atoms with E-state index in [9.17, 15) is 9.90 Å². The van der Waals surface area contributed by atoms with E-state index in [-0.39, 0.29) is 11.9 Å². The number of hydrogen-bond donors (Lipinski definition) is 1. The summed E-state index contributed by atoms with van der Waals surface area (Å²) in [5.74, 6) is 1.37. The molecule has 0 saturated carbocycles. The van der Waals surface area contributed by atoms with Crippen LogP contribution in [-0.4, -0.2) is 59.7 Å². The van der Waals surface area contributed by atoms with Gasteiger partial charge in [0.25, 0.3) is 0 Å². The monoisotopic (exact) mass is 444 g/mol. The Morgan fingerprint density at radius 2 is 2.00 bits per heavy atom. The molecule has 2 heterocycles. The molecule has 0 saturated heterocycles. The van der Waals surface area contributed by atoms with Gasteiger partial charge in [-0.1, -0.05) is 38.5 Å². The molecule has 2 aromatic rings. The van der Waals surface area contributed by atoms with Crippen LogP contribution in [-0.2, 0) is 11.2 Å². The second-order valence-corrected chi connectivity index (χ2v) is 9.93. The summed E-state index contributed by atoms with van der Waals surface area (Å²) in [7, 11) is 0. The average molecular weight is 445 g/mol. The van der Waals surface area contributed by atoms with Crippen LogP contribution < -0.4 is 4.74 Å². The van der Waals surface area contributed by atoms with Gasteiger partial charge in [-0.25, -0.2) is 0 Å². The van der Waals surface area contributed by atoms with E-state index in [1.165, 1.54) is 16.0 Å². The van der Waals surface area contributed by atoms with E-state index in [1.807, 2.05) is 36.1 Å². The van der Waals surface area contributed by atoms with Crippen molar-refractivity contribution >= 4 is 17.2 Å². The number of fused-ring (bicyclic) bond motifs is 1. The van der Waals surface area contributed by atoms with E-state index in [4.69, 9.17) is 4.74 Å². The molecule has 6 heteroatoms. The van der Waals surface area contributed by atoms with Crippen molar-refractivity contribution in [2.45, 2.75) is 52.7 Å². The first-order valence-corrected chi connectivity index (χ1v) is 12.2. The topological polar surface area (TPSA) is 53.0 Å². The maximum Gasteiger partial charge on any atom is 0.237 e. The van der Waals surface area contributed by atoms with Gasteiger partial charge >= 0.3 is 0 Å². The predicted molar refractivity (Wildman–Crippen MR) is 127 cm³/mol. The van der Waals surface area contributed by atoms with E-state index in [1.54, 1.807) is 11.3 Å². The zero-order valence-corrected chi connectivity index (χ0v) is 20.0. The average Bonchev–Trinajstić information content (AvgIpc) is 3.21. The first-order chi connectivity index (χ1) is 14.9. The maximum atomic E-state index is 13.4. The van der Waals surface area contributed by atoms with Crippen LogP contribution >= 0.6 is 11.3 Å². The number of carbonyl (C=O) groups excluding carboxylic acids is 1. The summed E-state index contributed by atoms with van der Waals surface area (Å²) < 4.78 is 6.12. The van der Waals surface area contributed by atoms with Gasteiger partial charge in [0.15, 0.2) is 0 Å². The van der Waals surface area contributed by atoms with Crippen molar-refractivity contribution < 1.29 is 14.6 Å². The minimum Gasteiger partial charge on any atom is -0.491 e. The summed E-state index contributed by atoms with van der Waals surface area (Å²) in [5.41, 5.74) is 2.40. The molecular formula is C25H36N2O3S. The smallest absolute Gasteiger partial charge is 0.237 e. The fourth-order valence-electron chi connectivity index (χ4n) is 4.11. The van der Waals surface area contributed by atoms with Crippen LogP contribution in [0, 0.1) is 12.8 Å². The zero-order valence-electron chi connectivity index (χ0n) is 19.2. The van der Waals surface area contributed by atoms with Crippen LogP contribution in [0.5, 0.6) is 5.75 Å². The van der Waals surface area contributed by atoms with Crippen LogP contribution in [0.3, 0.4) is 0 Å². The van der Waals surface area contributed by atoms with Crippen LogP contribution in [0.15, 0.2) is 35.7 Å². The highest BCUT2D eigenvalue weighted by Crippen LogP contribution is 2.34. The van der Waals surface area contributed by atoms with Gasteiger partial charge in [-0.15, -0.1) is 11.3 Å². The number of carbonyl (C=O) groups is 1. The summed E-state index contributed by atoms with van der Waals surface area (Å²) in [6.07, 6.45) is 1.18. The van der Waals surface area contributed by atoms with Crippen molar-refractivity contribution in [3.8, 4) is 5.75 Å². The molecule has 1 aromatic carbocycles. The molecule has 0 bridgehead atoms. The zero-order chi connectivity index (χ0) is 22.4. The van der Waals surface area contributed by atoms with Crippen LogP contribution in [0.4, 0.5) is 0 Å². The number of amides is 1. The molecule has 2 atom stereocenters. The van der Waals surface area contributed by atoms with Crippen LogP contribution in [0.1, 0.15) is 49.2 Å². The summed E-state index contributed by atoms with van der Waals surface area (Å²) >= 11 is 1.76. The second kappa shape index (κ2) is 11.1. The Hall–Kier alpha value is -1.89. The lowest BCUT2D eigenvalue weighted by Gasteiger charge is -2.37. The molecular weight excluding hydrogens is 408 g/mol. The first kappa shape index (κ1) is 23.8. The standard InChI is InChI=1S/C25H36N2O3S/c1-5-20(28)15-26(14-18(2)3)16-25(29)27-12-10-24-22(11-13-31-24)23(27)17-30-21-8-6-19(4)7-9-21/h6-9,11,13,18,20,23,28H,5,10,12,14-17H2,1-4H3/t20-,23-/m0/s1. The number of ether oxygens (including phenoxy) is 1. The maximum absolute atomic E-state index is 13.4. The number of hydrogen-bond acceptors (Lipinski definition) is 5. The third kappa shape index (κ3) is 6.55. The highest BCUT2D eigenvalue weighted by molar-refractivity contribution is 7.10. The Bertz CT molecular complexity index is 834. The minimum atomic E-state index is -0.406. The number of benzene rings is 1. The van der Waals surface area contributed by atoms with Gasteiger partial charge in [-0.3, -0.25) is 9.69 Å². The van der Waals surface area contributed by atoms with Crippen molar-refractivity contribution in [1.82, 2.24) is 9.80 Å². The molecule has 3 rings (SSSR count). The number of aryl methyl sites for hydroxylation is 1. The van der Waals surface area contributed by atoms with E-state index in [0.717, 1.165) is 18.7 Å². The van der Waals surface area contributed by atoms with Gasteiger partial charge in [0, 0.05) is 24.5 Å². The molecule has 1 aromatic heterocycles. The molecule has 0 spiro atoms. The molecule has 0 fully saturated rings. The molecule has 1 aliphatic heterocycles. The lowest BCUT2D eigenvalue weighted by Crippen LogP contribution is -2.48. The molecule has 1 amide bonds. The van der Waals surface area contributed by atoms with Crippen LogP contribution in [0.25, 0.3) is 0 Å². The molecule has 170 valence electrons. The summed E-state index contributed by atoms with van der Waals surface area (Å²) in [6.45, 7) is 11.1. The van der Waals surface area contributed by atoms with Gasteiger partial charge in [0.1, 0.15) is 12.4 Å². The highest BCUT2D eigenvalue weighted by Gasteiger charge is 2.33. The normalized spacial score (nSPS) is 17.1. The van der Waals surface area contributed by atoms with Crippen molar-refractivity contribution in [2.75, 3.05) is 32.8 Å². The van der Waals surface area contributed by atoms with Gasteiger partial charge in [-0.2, -0.15) is 0 Å². The molecule has 1 aliphatic rings. The third-order valence-electron chi connectivity index (χ3n) is 5.77. The number of aliphatic hydroxyl groups excluding tert-OH is 1. The van der Waals surface area contributed by atoms with Crippen molar-refractivity contribution in [3.63, 3.8) is 0 Å². The summed E-state index contributed by atoms with van der Waals surface area (Å²) in [5, 5.41) is 12.3. The fraction of sp³-hybridized carbons (Fsp3) is 0.560. The molecule has 0 unspecified atom stereocenters. The van der Waals surface area contributed by atoms with Crippen molar-refractivity contribution in [3.05, 3.63) is 51.7 Å². The largest absolute Gasteiger partial charge is 0.491 e. The Balaban J connectivity index is 1.73. The van der Waals surface area contributed by atoms with Gasteiger partial charge in [-0.05, 0) is 54.8 Å². The Labute approximate surface area is 190 Å². The van der Waals surface area contributed by atoms with E-state index in [0.29, 0.717) is 38.6 Å². The third-order valence-corrected chi connectivity index (χ3v) is 6.76. The first-order valence-electron chi connectivity index (χ1n) is 11.3. The van der Waals surface area contributed by atoms with E-state index in [2.05, 4.69) is 37.1 Å². The van der Waals surface area contributed by atoms with E-state index < -0.39 is 6.10 Å². The predicted octanol–water partition coefficient (Wildman–Crippen LogP) is 4.29. The second-order valence-electron chi connectivity index (χ2n) is 8.93. The molecule has 0 radical (unpaired) electrons. The van der Waals surface area contributed by atoms with Crippen molar-refractivity contribution in [1.29, 1.82) is 0 Å². The lowest BCUT2D eigenvalue weighted by molar-refractivity contribution is -0.136. The van der Waals surface area contributed by atoms with Gasteiger partial charge in [0.2, 0.25) is 5.91 Å². The molecule has 31 heavy (non-hydrogen) atoms. The highest BCUT2D eigenvalue weighted by atomic mass is 32.1. The SMILES string of the molecule is CC[C@H](O)CN(CC(=O)N1CCc2sccc2[C@@H]1COc1ccc(C)cc1)CC(C)C. The van der Waals surface area contributed by atoms with Crippen LogP contribution in [0.2, 0.25) is 0 Å². The number of aliphatic hydroxyl groups is 1. The lowest BCUT2D eigenvalue weighted by atomic mass is 10.00. The fourth-order valence-corrected chi connectivity index (χ4v) is 5.04. The Morgan fingerprint density at radius 1 is 1.26 bits per heavy atom. The molecule has 5 nitrogen and oxygen atoms in total. The van der Waals surface area contributed by atoms with Crippen molar-refractivity contribution in [2.24, 2.45) is 5.92 Å². The summed E-state index contributed by atoms with van der Waals surface area (Å²) in [6, 6.07) is 10.1. The van der Waals surface area contributed by atoms with Gasteiger partial charge in [0.05, 0.1) is 18.7 Å². The van der Waals surface area contributed by atoms with Gasteiger partial charge < -0.3 is 14.7 Å². The van der Waals surface area contributed by atoms with E-state index >= 15 is 0 Å². The molecule has 0 aliphatic carbocycles. The number of thiophene rings is 1. The molecule has 1 N–H and O–H groups in total. The quantitative estimate of drug-likeness (QED) is 0.594. The number of rotatable bonds is 10. The minimum absolute atomic E-state index is 0.0826. The number of nitrogens with zero attached hydrogens (tertiary/aromatic N) is 2.